The maximum atomic E-state index is 14.2. The van der Waals surface area contributed by atoms with Gasteiger partial charge in [-0.15, -0.1) is 12.4 Å². The van der Waals surface area contributed by atoms with Gasteiger partial charge in [-0.05, 0) is 75.2 Å². The van der Waals surface area contributed by atoms with E-state index in [2.05, 4.69) is 18.7 Å². The van der Waals surface area contributed by atoms with Gasteiger partial charge in [0.15, 0.2) is 0 Å². The van der Waals surface area contributed by atoms with Gasteiger partial charge in [-0.25, -0.2) is 4.79 Å². The Morgan fingerprint density at radius 1 is 0.810 bits per heavy atom. The van der Waals surface area contributed by atoms with Crippen LogP contribution < -0.4 is 4.74 Å². The Balaban J connectivity index is 0.00000484. The number of para-hydroxylation sites is 1. The summed E-state index contributed by atoms with van der Waals surface area (Å²) in [5.41, 5.74) is 3.97. The largest absolute Gasteiger partial charge is 0.493 e. The second-order valence-corrected chi connectivity index (χ2v) is 10.3. The fraction of sp³-hybridized carbons (Fsp3) is 0.371. The molecule has 0 fully saturated rings. The van der Waals surface area contributed by atoms with Crippen LogP contribution in [0, 0.1) is 0 Å². The Hall–Kier alpha value is -3.61. The van der Waals surface area contributed by atoms with Gasteiger partial charge in [0.25, 0.3) is 0 Å². The second-order valence-electron chi connectivity index (χ2n) is 10.3. The molecule has 0 radical (unpaired) electrons. The highest BCUT2D eigenvalue weighted by Gasteiger charge is 2.24. The zero-order valence-corrected chi connectivity index (χ0v) is 25.8. The summed E-state index contributed by atoms with van der Waals surface area (Å²) in [6, 6.07) is 22.7. The molecule has 0 amide bonds. The highest BCUT2D eigenvalue weighted by Crippen LogP contribution is 2.32. The number of esters is 1. The first-order valence-electron chi connectivity index (χ1n) is 14.9. The van der Waals surface area contributed by atoms with Crippen molar-refractivity contribution < 1.29 is 19.1 Å². The number of aromatic nitrogens is 1. The lowest BCUT2D eigenvalue weighted by Gasteiger charge is -2.22. The number of unbranched alkanes of at least 4 members (excludes halogenated alkanes) is 2. The number of benzene rings is 2. The summed E-state index contributed by atoms with van der Waals surface area (Å²) in [6.45, 7) is 10.3. The van der Waals surface area contributed by atoms with Gasteiger partial charge in [0.05, 0.1) is 24.3 Å². The summed E-state index contributed by atoms with van der Waals surface area (Å²) < 4.78 is 13.3. The quantitative estimate of drug-likeness (QED) is 0.0749. The molecule has 0 N–H and O–H groups in total. The van der Waals surface area contributed by atoms with Crippen LogP contribution in [0.2, 0.25) is 0 Å². The molecule has 2 aromatic carbocycles. The number of halogens is 1. The maximum Gasteiger partial charge on any atom is 0.338 e. The third kappa shape index (κ3) is 8.24. The van der Waals surface area contributed by atoms with Crippen molar-refractivity contribution in [3.8, 4) is 16.9 Å². The zero-order valence-electron chi connectivity index (χ0n) is 25.0. The van der Waals surface area contributed by atoms with Crippen molar-refractivity contribution in [3.63, 3.8) is 0 Å². The van der Waals surface area contributed by atoms with E-state index in [-0.39, 0.29) is 24.2 Å². The maximum absolute atomic E-state index is 14.2. The molecule has 0 saturated heterocycles. The molecule has 0 bridgehead atoms. The molecule has 2 aromatic heterocycles. The molecule has 0 unspecified atom stereocenters. The number of carbonyl (C=O) groups is 2. The molecule has 2 heterocycles. The smallest absolute Gasteiger partial charge is 0.338 e. The molecule has 0 aliphatic carbocycles. The third-order valence-corrected chi connectivity index (χ3v) is 7.25. The van der Waals surface area contributed by atoms with E-state index in [1.54, 1.807) is 25.3 Å². The lowest BCUT2D eigenvalue weighted by molar-refractivity contribution is 0.0526. The lowest BCUT2D eigenvalue weighted by Crippen LogP contribution is -2.28. The van der Waals surface area contributed by atoms with Crippen LogP contribution >= 0.6 is 12.4 Å². The minimum atomic E-state index is -0.382. The first-order chi connectivity index (χ1) is 20.1. The summed E-state index contributed by atoms with van der Waals surface area (Å²) in [5, 5.41) is 0. The van der Waals surface area contributed by atoms with Crippen LogP contribution in [0.3, 0.4) is 0 Å². The first kappa shape index (κ1) is 32.9. The fourth-order valence-corrected chi connectivity index (χ4v) is 5.07. The number of ether oxygens (including phenoxy) is 2. The normalized spacial score (nSPS) is 11.0. The second kappa shape index (κ2) is 16.7. The molecule has 7 heteroatoms. The molecule has 6 nitrogen and oxygen atoms in total. The molecular weight excluding hydrogens is 548 g/mol. The van der Waals surface area contributed by atoms with E-state index in [4.69, 9.17) is 9.47 Å². The predicted octanol–water partition coefficient (Wildman–Crippen LogP) is 8.11. The van der Waals surface area contributed by atoms with Crippen LogP contribution in [0.25, 0.3) is 16.6 Å². The van der Waals surface area contributed by atoms with E-state index in [0.29, 0.717) is 35.8 Å². The molecule has 42 heavy (non-hydrogen) atoms. The van der Waals surface area contributed by atoms with Crippen molar-refractivity contribution >= 4 is 29.7 Å². The number of hydrogen-bond acceptors (Lipinski definition) is 5. The Morgan fingerprint density at radius 2 is 1.48 bits per heavy atom. The number of pyridine rings is 1. The van der Waals surface area contributed by atoms with Crippen LogP contribution in [-0.4, -0.2) is 53.9 Å². The summed E-state index contributed by atoms with van der Waals surface area (Å²) in [7, 11) is 0. The van der Waals surface area contributed by atoms with Gasteiger partial charge in [-0.1, -0.05) is 69.2 Å². The van der Waals surface area contributed by atoms with Gasteiger partial charge in [-0.3, -0.25) is 4.79 Å². The monoisotopic (exact) mass is 590 g/mol. The highest BCUT2D eigenvalue weighted by molar-refractivity contribution is 6.14. The van der Waals surface area contributed by atoms with Gasteiger partial charge >= 0.3 is 5.97 Å². The summed E-state index contributed by atoms with van der Waals surface area (Å²) in [5.74, 6) is 0.0752. The Bertz CT molecular complexity index is 1430. The molecular formula is C35H43ClN2O4. The average molecular weight is 591 g/mol. The van der Waals surface area contributed by atoms with Crippen molar-refractivity contribution in [2.45, 2.75) is 52.9 Å². The molecule has 4 aromatic rings. The van der Waals surface area contributed by atoms with Crippen LogP contribution in [0.15, 0.2) is 79.0 Å². The minimum absolute atomic E-state index is 0. The molecule has 0 atom stereocenters. The van der Waals surface area contributed by atoms with Crippen molar-refractivity contribution in [2.24, 2.45) is 0 Å². The molecule has 0 saturated carbocycles. The van der Waals surface area contributed by atoms with Crippen LogP contribution in [-0.2, 0) is 4.74 Å². The van der Waals surface area contributed by atoms with E-state index in [9.17, 15) is 9.59 Å². The number of hydrogen-bond donors (Lipinski definition) is 0. The Labute approximate surface area is 256 Å². The molecule has 0 spiro atoms. The van der Waals surface area contributed by atoms with E-state index in [0.717, 1.165) is 42.7 Å². The van der Waals surface area contributed by atoms with E-state index in [1.807, 2.05) is 65.1 Å². The van der Waals surface area contributed by atoms with Crippen molar-refractivity contribution in [2.75, 3.05) is 32.8 Å². The van der Waals surface area contributed by atoms with Crippen LogP contribution in [0.1, 0.15) is 79.3 Å². The average Bonchev–Trinajstić information content (AvgIpc) is 3.39. The van der Waals surface area contributed by atoms with Crippen LogP contribution in [0.4, 0.5) is 0 Å². The lowest BCUT2D eigenvalue weighted by atomic mass is 9.99. The van der Waals surface area contributed by atoms with Gasteiger partial charge in [-0.2, -0.15) is 0 Å². The first-order valence-corrected chi connectivity index (χ1v) is 14.9. The standard InChI is InChI=1S/C35H42N2O4.ClH/c1-4-7-20-36(21-8-5-2)22-14-24-41-32-18-13-12-17-30(32)34(38)33-31(27-15-10-9-11-16-27)26-29-25-28(19-23-37(29)33)35(39)40-6-3;/h9-13,15-19,23,25-26H,4-8,14,20-22,24H2,1-3H3;1H. The van der Waals surface area contributed by atoms with Crippen molar-refractivity contribution in [1.29, 1.82) is 0 Å². The Kier molecular flexibility index (Phi) is 13.1. The number of fused-ring (bicyclic) bond motifs is 1. The number of rotatable bonds is 16. The predicted molar refractivity (Wildman–Crippen MR) is 172 cm³/mol. The summed E-state index contributed by atoms with van der Waals surface area (Å²) in [4.78, 5) is 29.2. The van der Waals surface area contributed by atoms with E-state index >= 15 is 0 Å². The summed E-state index contributed by atoms with van der Waals surface area (Å²) >= 11 is 0. The van der Waals surface area contributed by atoms with E-state index in [1.165, 1.54) is 25.7 Å². The highest BCUT2D eigenvalue weighted by atomic mass is 35.5. The fourth-order valence-electron chi connectivity index (χ4n) is 5.07. The SMILES string of the molecule is CCCCN(CCCC)CCCOc1ccccc1C(=O)c1c(-c2ccccc2)cc2cc(C(=O)OCC)ccn12.Cl. The molecule has 4 rings (SSSR count). The minimum Gasteiger partial charge on any atom is -0.493 e. The van der Waals surface area contributed by atoms with E-state index < -0.39 is 0 Å². The van der Waals surface area contributed by atoms with Gasteiger partial charge < -0.3 is 18.8 Å². The molecule has 0 aliphatic heterocycles. The summed E-state index contributed by atoms with van der Waals surface area (Å²) in [6.07, 6.45) is 7.47. The van der Waals surface area contributed by atoms with Gasteiger partial charge in [0, 0.05) is 23.8 Å². The molecule has 224 valence electrons. The van der Waals surface area contributed by atoms with Crippen molar-refractivity contribution in [1.82, 2.24) is 9.30 Å². The zero-order chi connectivity index (χ0) is 29.0. The molecule has 0 aliphatic rings. The number of ketones is 1. The topological polar surface area (TPSA) is 60.2 Å². The van der Waals surface area contributed by atoms with Gasteiger partial charge in [0.2, 0.25) is 5.78 Å². The third-order valence-electron chi connectivity index (χ3n) is 7.25. The van der Waals surface area contributed by atoms with Crippen LogP contribution in [0.5, 0.6) is 5.75 Å². The Morgan fingerprint density at radius 3 is 2.17 bits per heavy atom. The van der Waals surface area contributed by atoms with Crippen molar-refractivity contribution in [3.05, 3.63) is 95.8 Å². The number of carbonyl (C=O) groups excluding carboxylic acids is 2. The van der Waals surface area contributed by atoms with Gasteiger partial charge in [0.1, 0.15) is 11.4 Å². The number of nitrogens with zero attached hydrogens (tertiary/aromatic N) is 2.